The van der Waals surface area contributed by atoms with E-state index < -0.39 is 5.60 Å². The molecule has 1 saturated heterocycles. The third-order valence-electron chi connectivity index (χ3n) is 4.82. The Bertz CT molecular complexity index is 1120. The van der Waals surface area contributed by atoms with Crippen LogP contribution in [-0.2, 0) is 11.3 Å². The van der Waals surface area contributed by atoms with Gasteiger partial charge in [0.15, 0.2) is 5.65 Å². The van der Waals surface area contributed by atoms with Crippen LogP contribution in [-0.4, -0.2) is 54.1 Å². The molecule has 0 saturated carbocycles. The summed E-state index contributed by atoms with van der Waals surface area (Å²) in [5.74, 6) is -0.303. The number of carbonyl (C=O) groups excluding carboxylic acids is 1. The van der Waals surface area contributed by atoms with Crippen LogP contribution in [0.15, 0.2) is 35.5 Å². The van der Waals surface area contributed by atoms with E-state index in [1.165, 1.54) is 17.1 Å². The minimum absolute atomic E-state index is 0.0570. The Balaban J connectivity index is 1.53. The second-order valence-electron chi connectivity index (χ2n) is 7.98. The highest BCUT2D eigenvalue weighted by atomic mass is 16.3. The topological polar surface area (TPSA) is 118 Å². The zero-order valence-corrected chi connectivity index (χ0v) is 16.5. The number of hydrogen-bond acceptors (Lipinski definition) is 7. The first-order valence-corrected chi connectivity index (χ1v) is 9.40. The summed E-state index contributed by atoms with van der Waals surface area (Å²) >= 11 is 0. The number of pyridine rings is 1. The monoisotopic (exact) mass is 397 g/mol. The molecular weight excluding hydrogens is 374 g/mol. The van der Waals surface area contributed by atoms with Crippen LogP contribution in [0.2, 0.25) is 0 Å². The van der Waals surface area contributed by atoms with Crippen LogP contribution < -0.4 is 15.8 Å². The summed E-state index contributed by atoms with van der Waals surface area (Å²) in [5.41, 5.74) is 1.56. The molecule has 152 valence electrons. The number of rotatable bonds is 5. The Hall–Kier alpha value is -3.27. The van der Waals surface area contributed by atoms with E-state index in [1.54, 1.807) is 29.7 Å². The molecule has 0 bridgehead atoms. The van der Waals surface area contributed by atoms with Crippen molar-refractivity contribution in [2.75, 3.05) is 23.3 Å². The van der Waals surface area contributed by atoms with Gasteiger partial charge in [0, 0.05) is 25.4 Å². The highest BCUT2D eigenvalue weighted by Crippen LogP contribution is 2.31. The summed E-state index contributed by atoms with van der Waals surface area (Å²) in [6, 6.07) is 4.95. The lowest BCUT2D eigenvalue weighted by molar-refractivity contribution is -0.117. The average Bonchev–Trinajstić information content (AvgIpc) is 3.08. The van der Waals surface area contributed by atoms with E-state index in [0.29, 0.717) is 30.1 Å². The average molecular weight is 397 g/mol. The highest BCUT2D eigenvalue weighted by Gasteiger charge is 2.38. The molecule has 29 heavy (non-hydrogen) atoms. The fourth-order valence-corrected chi connectivity index (χ4v) is 3.46. The lowest BCUT2D eigenvalue weighted by Gasteiger charge is -2.46. The fourth-order valence-electron chi connectivity index (χ4n) is 3.46. The molecule has 1 aliphatic heterocycles. The van der Waals surface area contributed by atoms with E-state index in [0.717, 1.165) is 5.69 Å². The van der Waals surface area contributed by atoms with Gasteiger partial charge in [0.05, 0.1) is 22.7 Å². The molecule has 1 amide bonds. The van der Waals surface area contributed by atoms with E-state index in [-0.39, 0.29) is 23.9 Å². The summed E-state index contributed by atoms with van der Waals surface area (Å²) in [4.78, 5) is 27.0. The number of anilines is 2. The number of nitrogens with one attached hydrogen (secondary N) is 1. The van der Waals surface area contributed by atoms with Gasteiger partial charge in [-0.05, 0) is 25.0 Å². The molecule has 1 fully saturated rings. The van der Waals surface area contributed by atoms with Crippen LogP contribution in [0.1, 0.15) is 32.4 Å². The number of aromatic nitrogens is 5. The molecular formula is C19H23N7O3. The first kappa shape index (κ1) is 19.1. The van der Waals surface area contributed by atoms with Gasteiger partial charge in [-0.1, -0.05) is 13.8 Å². The van der Waals surface area contributed by atoms with Crippen LogP contribution >= 0.6 is 0 Å². The molecule has 4 heterocycles. The number of fused-ring (bicyclic) bond motifs is 1. The number of carbonyl (C=O) groups is 1. The van der Waals surface area contributed by atoms with Gasteiger partial charge in [0.2, 0.25) is 5.91 Å². The number of β-amino-alcohol motifs (C(OH)–C–C–N with tert-alkyl or cyclic N) is 1. The maximum absolute atomic E-state index is 12.6. The highest BCUT2D eigenvalue weighted by molar-refractivity contribution is 5.90. The van der Waals surface area contributed by atoms with Gasteiger partial charge < -0.3 is 15.3 Å². The third-order valence-corrected chi connectivity index (χ3v) is 4.82. The van der Waals surface area contributed by atoms with E-state index >= 15 is 0 Å². The summed E-state index contributed by atoms with van der Waals surface area (Å²) in [7, 11) is 0. The quantitative estimate of drug-likeness (QED) is 0.648. The predicted octanol–water partition coefficient (Wildman–Crippen LogP) is 0.619. The van der Waals surface area contributed by atoms with Gasteiger partial charge in [-0.25, -0.2) is 4.68 Å². The van der Waals surface area contributed by atoms with Crippen molar-refractivity contribution in [1.29, 1.82) is 0 Å². The number of hydrogen-bond donors (Lipinski definition) is 2. The Morgan fingerprint density at radius 1 is 1.34 bits per heavy atom. The molecule has 4 rings (SSSR count). The van der Waals surface area contributed by atoms with Crippen molar-refractivity contribution in [3.63, 3.8) is 0 Å². The Morgan fingerprint density at radius 2 is 2.10 bits per heavy atom. The van der Waals surface area contributed by atoms with E-state index in [2.05, 4.69) is 20.6 Å². The van der Waals surface area contributed by atoms with Crippen molar-refractivity contribution in [2.24, 2.45) is 0 Å². The van der Waals surface area contributed by atoms with E-state index in [4.69, 9.17) is 0 Å². The van der Waals surface area contributed by atoms with Gasteiger partial charge in [-0.3, -0.25) is 14.0 Å². The van der Waals surface area contributed by atoms with Crippen LogP contribution in [0.3, 0.4) is 0 Å². The SMILES string of the molecule is CC(C)c1nn(CC(=O)Nc2ccc3nncn3c2)c(=O)cc1N1CC(C)(O)C1. The summed E-state index contributed by atoms with van der Waals surface area (Å²) < 4.78 is 2.86. The lowest BCUT2D eigenvalue weighted by Crippen LogP contribution is -2.60. The minimum Gasteiger partial charge on any atom is -0.386 e. The zero-order chi connectivity index (χ0) is 20.8. The first-order chi connectivity index (χ1) is 13.7. The number of amides is 1. The molecule has 10 heteroatoms. The van der Waals surface area contributed by atoms with Gasteiger partial charge in [-0.15, -0.1) is 10.2 Å². The molecule has 2 N–H and O–H groups in total. The maximum atomic E-state index is 12.6. The van der Waals surface area contributed by atoms with Crippen LogP contribution in [0.5, 0.6) is 0 Å². The molecule has 0 spiro atoms. The smallest absolute Gasteiger partial charge is 0.269 e. The molecule has 1 aliphatic rings. The van der Waals surface area contributed by atoms with Gasteiger partial charge >= 0.3 is 0 Å². The Morgan fingerprint density at radius 3 is 2.79 bits per heavy atom. The van der Waals surface area contributed by atoms with Crippen LogP contribution in [0.25, 0.3) is 5.65 Å². The van der Waals surface area contributed by atoms with Crippen LogP contribution in [0, 0.1) is 0 Å². The predicted molar refractivity (Wildman–Crippen MR) is 107 cm³/mol. The van der Waals surface area contributed by atoms with E-state index in [9.17, 15) is 14.7 Å². The van der Waals surface area contributed by atoms with E-state index in [1.807, 2.05) is 18.7 Å². The van der Waals surface area contributed by atoms with Crippen molar-refractivity contribution in [3.05, 3.63) is 46.8 Å². The molecule has 3 aromatic rings. The van der Waals surface area contributed by atoms with Crippen molar-refractivity contribution in [1.82, 2.24) is 24.4 Å². The molecule has 3 aromatic heterocycles. The second kappa shape index (κ2) is 6.96. The first-order valence-electron chi connectivity index (χ1n) is 9.40. The fraction of sp³-hybridized carbons (Fsp3) is 0.421. The van der Waals surface area contributed by atoms with Gasteiger partial charge in [0.25, 0.3) is 5.56 Å². The van der Waals surface area contributed by atoms with Gasteiger partial charge in [0.1, 0.15) is 12.9 Å². The normalized spacial score (nSPS) is 15.6. The van der Waals surface area contributed by atoms with Crippen molar-refractivity contribution >= 4 is 22.9 Å². The van der Waals surface area contributed by atoms with Crippen LogP contribution in [0.4, 0.5) is 11.4 Å². The second-order valence-corrected chi connectivity index (χ2v) is 7.98. The molecule has 0 unspecified atom stereocenters. The summed E-state index contributed by atoms with van der Waals surface area (Å²) in [5, 5.41) is 24.9. The maximum Gasteiger partial charge on any atom is 0.269 e. The molecule has 0 aromatic carbocycles. The zero-order valence-electron chi connectivity index (χ0n) is 16.5. The number of aliphatic hydroxyl groups is 1. The largest absolute Gasteiger partial charge is 0.386 e. The molecule has 0 radical (unpaired) electrons. The third kappa shape index (κ3) is 3.83. The molecule has 0 atom stereocenters. The standard InChI is InChI=1S/C19H23N7O3/c1-12(2)18-14(25-9-19(3,29)10-25)6-17(28)26(23-18)8-16(27)21-13-4-5-15-22-20-11-24(15)7-13/h4-7,11-12,29H,8-10H2,1-3H3,(H,21,27). The number of nitrogens with zero attached hydrogens (tertiary/aromatic N) is 6. The minimum atomic E-state index is -0.755. The van der Waals surface area contributed by atoms with Crippen molar-refractivity contribution in [3.8, 4) is 0 Å². The van der Waals surface area contributed by atoms with Crippen molar-refractivity contribution < 1.29 is 9.90 Å². The molecule has 10 nitrogen and oxygen atoms in total. The Kier molecular flexibility index (Phi) is 4.58. The van der Waals surface area contributed by atoms with Gasteiger partial charge in [-0.2, -0.15) is 5.10 Å². The Labute approximate surface area is 166 Å². The summed E-state index contributed by atoms with van der Waals surface area (Å²) in [6.45, 7) is 6.42. The summed E-state index contributed by atoms with van der Waals surface area (Å²) in [6.07, 6.45) is 3.24. The lowest BCUT2D eigenvalue weighted by atomic mass is 9.95. The van der Waals surface area contributed by atoms with Crippen molar-refractivity contribution in [2.45, 2.75) is 38.8 Å². The molecule has 0 aliphatic carbocycles.